The van der Waals surface area contributed by atoms with E-state index in [9.17, 15) is 9.90 Å². The van der Waals surface area contributed by atoms with Crippen LogP contribution in [0.2, 0.25) is 0 Å². The van der Waals surface area contributed by atoms with Crippen LogP contribution in [0.3, 0.4) is 0 Å². The first-order chi connectivity index (χ1) is 8.08. The van der Waals surface area contributed by atoms with Gasteiger partial charge in [-0.15, -0.1) is 0 Å². The van der Waals surface area contributed by atoms with Crippen LogP contribution in [-0.2, 0) is 0 Å². The van der Waals surface area contributed by atoms with E-state index in [-0.39, 0.29) is 5.75 Å². The van der Waals surface area contributed by atoms with E-state index in [4.69, 9.17) is 5.73 Å². The van der Waals surface area contributed by atoms with Gasteiger partial charge in [0, 0.05) is 5.56 Å². The normalized spacial score (nSPS) is 10.2. The van der Waals surface area contributed by atoms with E-state index in [2.05, 4.69) is 0 Å². The lowest BCUT2D eigenvalue weighted by atomic mass is 10.0. The molecule has 0 saturated heterocycles. The van der Waals surface area contributed by atoms with Crippen LogP contribution in [0.5, 0.6) is 5.75 Å². The molecule has 1 amide bonds. The van der Waals surface area contributed by atoms with Gasteiger partial charge in [-0.05, 0) is 47.9 Å². The van der Waals surface area contributed by atoms with Crippen molar-refractivity contribution >= 4 is 5.91 Å². The molecular formula is C14H13NO2. The summed E-state index contributed by atoms with van der Waals surface area (Å²) in [6.07, 6.45) is 0. The van der Waals surface area contributed by atoms with Crippen molar-refractivity contribution in [1.29, 1.82) is 0 Å². The molecule has 2 aromatic carbocycles. The zero-order valence-corrected chi connectivity index (χ0v) is 9.47. The molecule has 0 spiro atoms. The lowest BCUT2D eigenvalue weighted by Gasteiger charge is -2.05. The number of rotatable bonds is 2. The molecule has 0 fully saturated rings. The van der Waals surface area contributed by atoms with Gasteiger partial charge < -0.3 is 10.8 Å². The van der Waals surface area contributed by atoms with E-state index in [0.717, 1.165) is 16.7 Å². The summed E-state index contributed by atoms with van der Waals surface area (Å²) in [6, 6.07) is 12.4. The van der Waals surface area contributed by atoms with Crippen molar-refractivity contribution in [2.45, 2.75) is 6.92 Å². The van der Waals surface area contributed by atoms with E-state index in [1.54, 1.807) is 24.3 Å². The smallest absolute Gasteiger partial charge is 0.248 e. The Kier molecular flexibility index (Phi) is 2.83. The van der Waals surface area contributed by atoms with Crippen LogP contribution >= 0.6 is 0 Å². The molecule has 0 bridgehead atoms. The van der Waals surface area contributed by atoms with Gasteiger partial charge in [-0.25, -0.2) is 0 Å². The third-order valence-electron chi connectivity index (χ3n) is 2.68. The number of aryl methyl sites for hydroxylation is 1. The quantitative estimate of drug-likeness (QED) is 0.827. The van der Waals surface area contributed by atoms with Crippen LogP contribution in [0.15, 0.2) is 42.5 Å². The summed E-state index contributed by atoms with van der Waals surface area (Å²) in [5.74, 6) is -0.179. The number of hydrogen-bond donors (Lipinski definition) is 2. The number of aromatic hydroxyl groups is 1. The summed E-state index contributed by atoms with van der Waals surface area (Å²) < 4.78 is 0. The molecule has 0 aliphatic heterocycles. The van der Waals surface area contributed by atoms with Crippen LogP contribution in [0.1, 0.15) is 15.9 Å². The summed E-state index contributed by atoms with van der Waals surface area (Å²) in [5.41, 5.74) is 8.37. The fourth-order valence-corrected chi connectivity index (χ4v) is 1.69. The number of primary amides is 1. The standard InChI is InChI=1S/C14H13NO2/c1-9-7-11(5-6-13(9)16)10-3-2-4-12(8-10)14(15)17/h2-8,16H,1H3,(H2,15,17). The highest BCUT2D eigenvalue weighted by molar-refractivity contribution is 5.94. The summed E-state index contributed by atoms with van der Waals surface area (Å²) in [7, 11) is 0. The first kappa shape index (κ1) is 11.2. The van der Waals surface area contributed by atoms with Gasteiger partial charge in [0.2, 0.25) is 5.91 Å². The molecule has 0 saturated carbocycles. The molecule has 0 aliphatic rings. The highest BCUT2D eigenvalue weighted by atomic mass is 16.3. The Morgan fingerprint density at radius 1 is 1.12 bits per heavy atom. The molecule has 0 aromatic heterocycles. The van der Waals surface area contributed by atoms with Crippen molar-refractivity contribution in [3.05, 3.63) is 53.6 Å². The third-order valence-corrected chi connectivity index (χ3v) is 2.68. The van der Waals surface area contributed by atoms with Gasteiger partial charge in [0.25, 0.3) is 0 Å². The number of phenolic OH excluding ortho intramolecular Hbond substituents is 1. The summed E-state index contributed by atoms with van der Waals surface area (Å²) in [4.78, 5) is 11.1. The average Bonchev–Trinajstić information content (AvgIpc) is 2.33. The van der Waals surface area contributed by atoms with Crippen molar-refractivity contribution in [1.82, 2.24) is 0 Å². The van der Waals surface area contributed by atoms with Gasteiger partial charge in [-0.2, -0.15) is 0 Å². The monoisotopic (exact) mass is 227 g/mol. The molecule has 2 aromatic rings. The molecule has 17 heavy (non-hydrogen) atoms. The Hall–Kier alpha value is -2.29. The van der Waals surface area contributed by atoms with Gasteiger partial charge in [-0.3, -0.25) is 4.79 Å². The number of nitrogens with two attached hydrogens (primary N) is 1. The van der Waals surface area contributed by atoms with E-state index in [0.29, 0.717) is 5.56 Å². The Bertz CT molecular complexity index is 576. The largest absolute Gasteiger partial charge is 0.508 e. The van der Waals surface area contributed by atoms with Crippen LogP contribution in [0.25, 0.3) is 11.1 Å². The van der Waals surface area contributed by atoms with Gasteiger partial charge in [0.1, 0.15) is 5.75 Å². The van der Waals surface area contributed by atoms with E-state index in [1.807, 2.05) is 25.1 Å². The molecule has 0 atom stereocenters. The molecule has 2 rings (SSSR count). The number of benzene rings is 2. The number of hydrogen-bond acceptors (Lipinski definition) is 2. The summed E-state index contributed by atoms with van der Waals surface area (Å²) >= 11 is 0. The lowest BCUT2D eigenvalue weighted by Crippen LogP contribution is -2.10. The number of carbonyl (C=O) groups excluding carboxylic acids is 1. The van der Waals surface area contributed by atoms with Crippen LogP contribution in [0, 0.1) is 6.92 Å². The minimum absolute atomic E-state index is 0.264. The Labute approximate surface area is 99.5 Å². The molecule has 3 nitrogen and oxygen atoms in total. The molecule has 3 N–H and O–H groups in total. The maximum atomic E-state index is 11.1. The number of phenols is 1. The molecule has 0 heterocycles. The van der Waals surface area contributed by atoms with E-state index in [1.165, 1.54) is 0 Å². The van der Waals surface area contributed by atoms with Crippen LogP contribution in [-0.4, -0.2) is 11.0 Å². The zero-order valence-electron chi connectivity index (χ0n) is 9.47. The number of amides is 1. The minimum Gasteiger partial charge on any atom is -0.508 e. The SMILES string of the molecule is Cc1cc(-c2cccc(C(N)=O)c2)ccc1O. The van der Waals surface area contributed by atoms with Crippen molar-refractivity contribution in [3.8, 4) is 16.9 Å². The van der Waals surface area contributed by atoms with Gasteiger partial charge in [-0.1, -0.05) is 18.2 Å². The second-order valence-corrected chi connectivity index (χ2v) is 3.95. The second kappa shape index (κ2) is 4.29. The molecule has 86 valence electrons. The third kappa shape index (κ3) is 2.28. The predicted molar refractivity (Wildman–Crippen MR) is 66.8 cm³/mol. The van der Waals surface area contributed by atoms with E-state index < -0.39 is 5.91 Å². The maximum Gasteiger partial charge on any atom is 0.248 e. The van der Waals surface area contributed by atoms with Gasteiger partial charge in [0.05, 0.1) is 0 Å². The highest BCUT2D eigenvalue weighted by Gasteiger charge is 2.04. The first-order valence-electron chi connectivity index (χ1n) is 5.28. The fraction of sp³-hybridized carbons (Fsp3) is 0.0714. The zero-order chi connectivity index (χ0) is 12.4. The summed E-state index contributed by atoms with van der Waals surface area (Å²) in [6.45, 7) is 1.83. The Morgan fingerprint density at radius 3 is 2.47 bits per heavy atom. The van der Waals surface area contributed by atoms with Crippen molar-refractivity contribution in [3.63, 3.8) is 0 Å². The van der Waals surface area contributed by atoms with Crippen LogP contribution < -0.4 is 5.73 Å². The molecule has 0 aliphatic carbocycles. The first-order valence-corrected chi connectivity index (χ1v) is 5.28. The Balaban J connectivity index is 2.49. The van der Waals surface area contributed by atoms with Crippen LogP contribution in [0.4, 0.5) is 0 Å². The fourth-order valence-electron chi connectivity index (χ4n) is 1.69. The Morgan fingerprint density at radius 2 is 1.82 bits per heavy atom. The van der Waals surface area contributed by atoms with Gasteiger partial charge in [0.15, 0.2) is 0 Å². The minimum atomic E-state index is -0.442. The second-order valence-electron chi connectivity index (χ2n) is 3.95. The van der Waals surface area contributed by atoms with Gasteiger partial charge >= 0.3 is 0 Å². The molecule has 0 unspecified atom stereocenters. The number of carbonyl (C=O) groups is 1. The van der Waals surface area contributed by atoms with E-state index >= 15 is 0 Å². The lowest BCUT2D eigenvalue weighted by molar-refractivity contribution is 0.100. The topological polar surface area (TPSA) is 63.3 Å². The predicted octanol–water partition coefficient (Wildman–Crippen LogP) is 2.47. The molecular weight excluding hydrogens is 214 g/mol. The average molecular weight is 227 g/mol. The molecule has 0 radical (unpaired) electrons. The highest BCUT2D eigenvalue weighted by Crippen LogP contribution is 2.25. The summed E-state index contributed by atoms with van der Waals surface area (Å²) in [5, 5.41) is 9.46. The van der Waals surface area contributed by atoms with Crippen molar-refractivity contribution in [2.24, 2.45) is 5.73 Å². The van der Waals surface area contributed by atoms with Crippen molar-refractivity contribution < 1.29 is 9.90 Å². The van der Waals surface area contributed by atoms with Crippen molar-refractivity contribution in [2.75, 3.05) is 0 Å². The maximum absolute atomic E-state index is 11.1. The molecule has 3 heteroatoms.